The van der Waals surface area contributed by atoms with Crippen molar-refractivity contribution in [3.05, 3.63) is 47.8 Å². The highest BCUT2D eigenvalue weighted by Crippen LogP contribution is 2.27. The lowest BCUT2D eigenvalue weighted by Gasteiger charge is -2.32. The third-order valence-electron chi connectivity index (χ3n) is 4.86. The fraction of sp³-hybridized carbons (Fsp3) is 0.316. The molecule has 2 amide bonds. The number of nitrogens with one attached hydrogen (secondary N) is 1. The van der Waals surface area contributed by atoms with Gasteiger partial charge < -0.3 is 10.2 Å². The van der Waals surface area contributed by atoms with Gasteiger partial charge in [-0.2, -0.15) is 8.75 Å². The molecule has 1 fully saturated rings. The van der Waals surface area contributed by atoms with Gasteiger partial charge in [-0.3, -0.25) is 9.78 Å². The first-order valence-corrected chi connectivity index (χ1v) is 9.59. The number of aryl methyl sites for hydroxylation is 1. The van der Waals surface area contributed by atoms with Crippen molar-refractivity contribution in [1.82, 2.24) is 18.6 Å². The summed E-state index contributed by atoms with van der Waals surface area (Å²) in [5.41, 5.74) is 3.54. The van der Waals surface area contributed by atoms with Gasteiger partial charge in [0, 0.05) is 25.2 Å². The van der Waals surface area contributed by atoms with E-state index in [9.17, 15) is 9.59 Å². The predicted octanol–water partition coefficient (Wildman–Crippen LogP) is 3.52. The van der Waals surface area contributed by atoms with Gasteiger partial charge in [0.05, 0.1) is 17.4 Å². The minimum atomic E-state index is -0.225. The highest BCUT2D eigenvalue weighted by Gasteiger charge is 2.30. The normalized spacial score (nSPS) is 17.1. The van der Waals surface area contributed by atoms with Gasteiger partial charge >= 0.3 is 6.03 Å². The van der Waals surface area contributed by atoms with Gasteiger partial charge in [-0.25, -0.2) is 4.79 Å². The van der Waals surface area contributed by atoms with Crippen molar-refractivity contribution in [2.75, 3.05) is 18.4 Å². The molecule has 0 saturated carbocycles. The van der Waals surface area contributed by atoms with E-state index in [1.165, 1.54) is 0 Å². The van der Waals surface area contributed by atoms with Crippen molar-refractivity contribution in [3.63, 3.8) is 0 Å². The van der Waals surface area contributed by atoms with Gasteiger partial charge in [0.15, 0.2) is 5.78 Å². The van der Waals surface area contributed by atoms with Crippen molar-refractivity contribution >= 4 is 40.3 Å². The molecule has 1 unspecified atom stereocenters. The van der Waals surface area contributed by atoms with Gasteiger partial charge in [0.1, 0.15) is 16.7 Å². The first kappa shape index (κ1) is 17.5. The fourth-order valence-electron chi connectivity index (χ4n) is 3.39. The van der Waals surface area contributed by atoms with Crippen LogP contribution in [0.2, 0.25) is 0 Å². The van der Waals surface area contributed by atoms with Crippen LogP contribution in [0.15, 0.2) is 36.5 Å². The lowest BCUT2D eigenvalue weighted by atomic mass is 9.92. The number of rotatable bonds is 3. The number of fused-ring (bicyclic) bond motifs is 1. The standard InChI is InChI=1S/C19H19N5O2S/c1-12-7-8-14-17(23-27-22-14)16(12)21-19(26)24-10-4-5-13(11-24)18(25)15-6-2-3-9-20-15/h2-3,6-9,13H,4-5,10-11H2,1H3,(H,21,26). The molecule has 1 saturated heterocycles. The van der Waals surface area contributed by atoms with E-state index in [0.717, 1.165) is 35.6 Å². The summed E-state index contributed by atoms with van der Waals surface area (Å²) in [6, 6.07) is 8.92. The predicted molar refractivity (Wildman–Crippen MR) is 104 cm³/mol. The zero-order chi connectivity index (χ0) is 18.8. The van der Waals surface area contributed by atoms with Crippen LogP contribution in [0.25, 0.3) is 11.0 Å². The molecule has 3 aromatic rings. The number of anilines is 1. The summed E-state index contributed by atoms with van der Waals surface area (Å²) in [5.74, 6) is -0.229. The van der Waals surface area contributed by atoms with E-state index in [1.54, 1.807) is 29.3 Å². The molecular formula is C19H19N5O2S. The van der Waals surface area contributed by atoms with Gasteiger partial charge in [-0.15, -0.1) is 0 Å². The monoisotopic (exact) mass is 381 g/mol. The largest absolute Gasteiger partial charge is 0.324 e. The molecule has 1 aromatic carbocycles. The molecular weight excluding hydrogens is 362 g/mol. The molecule has 4 rings (SSSR count). The van der Waals surface area contributed by atoms with Crippen LogP contribution in [-0.2, 0) is 0 Å². The minimum Gasteiger partial charge on any atom is -0.324 e. The lowest BCUT2D eigenvalue weighted by Crippen LogP contribution is -2.44. The van der Waals surface area contributed by atoms with E-state index in [1.807, 2.05) is 19.1 Å². The van der Waals surface area contributed by atoms with E-state index in [4.69, 9.17) is 0 Å². The number of carbonyl (C=O) groups is 2. The minimum absolute atomic E-state index is 0.00455. The molecule has 0 bridgehead atoms. The number of amides is 2. The smallest absolute Gasteiger partial charge is 0.321 e. The number of urea groups is 1. The number of Topliss-reactive ketones (excluding diaryl/α,β-unsaturated/α-hetero) is 1. The summed E-state index contributed by atoms with van der Waals surface area (Å²) < 4.78 is 8.52. The van der Waals surface area contributed by atoms with Crippen LogP contribution < -0.4 is 5.32 Å². The summed E-state index contributed by atoms with van der Waals surface area (Å²) >= 11 is 1.12. The number of pyridine rings is 1. The van der Waals surface area contributed by atoms with Crippen LogP contribution in [0.4, 0.5) is 10.5 Å². The molecule has 1 atom stereocenters. The van der Waals surface area contributed by atoms with Crippen molar-refractivity contribution < 1.29 is 9.59 Å². The summed E-state index contributed by atoms with van der Waals surface area (Å²) in [5, 5.41) is 2.97. The van der Waals surface area contributed by atoms with E-state index in [-0.39, 0.29) is 17.7 Å². The molecule has 0 spiro atoms. The Morgan fingerprint density at radius 1 is 1.22 bits per heavy atom. The number of piperidine rings is 1. The average molecular weight is 381 g/mol. The number of hydrogen-bond donors (Lipinski definition) is 1. The Balaban J connectivity index is 1.49. The molecule has 2 aromatic heterocycles. The molecule has 138 valence electrons. The Hall–Kier alpha value is -2.87. The zero-order valence-corrected chi connectivity index (χ0v) is 15.7. The number of likely N-dealkylation sites (tertiary alicyclic amines) is 1. The Morgan fingerprint density at radius 2 is 2.11 bits per heavy atom. The van der Waals surface area contributed by atoms with Crippen molar-refractivity contribution in [1.29, 1.82) is 0 Å². The zero-order valence-electron chi connectivity index (χ0n) is 14.9. The molecule has 0 radical (unpaired) electrons. The molecule has 0 aliphatic carbocycles. The van der Waals surface area contributed by atoms with Crippen LogP contribution in [0.1, 0.15) is 28.9 Å². The molecule has 1 N–H and O–H groups in total. The van der Waals surface area contributed by atoms with Gasteiger partial charge in [-0.05, 0) is 43.5 Å². The van der Waals surface area contributed by atoms with Crippen LogP contribution in [0.5, 0.6) is 0 Å². The number of hydrogen-bond acceptors (Lipinski definition) is 6. The molecule has 8 heteroatoms. The second kappa shape index (κ2) is 7.40. The number of nitrogens with zero attached hydrogens (tertiary/aromatic N) is 4. The van der Waals surface area contributed by atoms with Crippen LogP contribution in [0.3, 0.4) is 0 Å². The van der Waals surface area contributed by atoms with E-state index in [2.05, 4.69) is 19.0 Å². The lowest BCUT2D eigenvalue weighted by molar-refractivity contribution is 0.0846. The van der Waals surface area contributed by atoms with E-state index >= 15 is 0 Å². The molecule has 3 heterocycles. The second-order valence-electron chi connectivity index (χ2n) is 6.68. The average Bonchev–Trinajstić information content (AvgIpc) is 3.19. The molecule has 27 heavy (non-hydrogen) atoms. The Morgan fingerprint density at radius 3 is 2.93 bits per heavy atom. The highest BCUT2D eigenvalue weighted by atomic mass is 32.1. The van der Waals surface area contributed by atoms with Crippen LogP contribution >= 0.6 is 11.7 Å². The summed E-state index contributed by atoms with van der Waals surface area (Å²) in [6.07, 6.45) is 3.17. The second-order valence-corrected chi connectivity index (χ2v) is 7.21. The summed E-state index contributed by atoms with van der Waals surface area (Å²) in [6.45, 7) is 2.95. The number of carbonyl (C=O) groups excluding carboxylic acids is 2. The summed E-state index contributed by atoms with van der Waals surface area (Å²) in [4.78, 5) is 31.4. The number of ketones is 1. The first-order chi connectivity index (χ1) is 13.1. The third kappa shape index (κ3) is 3.52. The van der Waals surface area contributed by atoms with Gasteiger partial charge in [0.25, 0.3) is 0 Å². The quantitative estimate of drug-likeness (QED) is 0.701. The molecule has 1 aliphatic rings. The maximum atomic E-state index is 12.8. The van der Waals surface area contributed by atoms with Gasteiger partial charge in [0.2, 0.25) is 0 Å². The van der Waals surface area contributed by atoms with Crippen molar-refractivity contribution in [2.24, 2.45) is 5.92 Å². The highest BCUT2D eigenvalue weighted by molar-refractivity contribution is 7.00. The maximum Gasteiger partial charge on any atom is 0.321 e. The van der Waals surface area contributed by atoms with Crippen molar-refractivity contribution in [2.45, 2.75) is 19.8 Å². The van der Waals surface area contributed by atoms with E-state index < -0.39 is 0 Å². The Kier molecular flexibility index (Phi) is 4.81. The maximum absolute atomic E-state index is 12.8. The van der Waals surface area contributed by atoms with Crippen molar-refractivity contribution in [3.8, 4) is 0 Å². The Bertz CT molecular complexity index is 988. The third-order valence-corrected chi connectivity index (χ3v) is 5.41. The SMILES string of the molecule is Cc1ccc2nsnc2c1NC(=O)N1CCCC(C(=O)c2ccccn2)C1. The number of benzene rings is 1. The Labute approximate surface area is 160 Å². The van der Waals surface area contributed by atoms with Crippen LogP contribution in [-0.4, -0.2) is 43.5 Å². The topological polar surface area (TPSA) is 88.1 Å². The first-order valence-electron chi connectivity index (χ1n) is 8.86. The van der Waals surface area contributed by atoms with Gasteiger partial charge in [-0.1, -0.05) is 12.1 Å². The molecule has 1 aliphatic heterocycles. The van der Waals surface area contributed by atoms with E-state index in [0.29, 0.717) is 30.0 Å². The summed E-state index contributed by atoms with van der Waals surface area (Å²) in [7, 11) is 0. The fourth-order valence-corrected chi connectivity index (χ4v) is 3.93. The van der Waals surface area contributed by atoms with Crippen LogP contribution in [0, 0.1) is 12.8 Å². The number of aromatic nitrogens is 3. The molecule has 7 nitrogen and oxygen atoms in total.